The first-order valence-corrected chi connectivity index (χ1v) is 5.02. The van der Waals surface area contributed by atoms with E-state index in [1.165, 1.54) is 0 Å². The Labute approximate surface area is 83.6 Å². The molecule has 1 rings (SSSR count). The molecule has 0 bridgehead atoms. The molecule has 1 aliphatic heterocycles. The van der Waals surface area contributed by atoms with Gasteiger partial charge in [-0.3, -0.25) is 9.59 Å². The van der Waals surface area contributed by atoms with Gasteiger partial charge in [-0.25, -0.2) is 0 Å². The zero-order valence-corrected chi connectivity index (χ0v) is 8.43. The number of hydrogen-bond donors (Lipinski definition) is 3. The van der Waals surface area contributed by atoms with Crippen LogP contribution in [-0.4, -0.2) is 37.5 Å². The van der Waals surface area contributed by atoms with Crippen molar-refractivity contribution in [2.24, 2.45) is 0 Å². The van der Waals surface area contributed by atoms with Crippen molar-refractivity contribution >= 4 is 11.8 Å². The van der Waals surface area contributed by atoms with Crippen LogP contribution in [0.5, 0.6) is 0 Å². The van der Waals surface area contributed by atoms with E-state index in [0.717, 1.165) is 19.4 Å². The minimum atomic E-state index is -0.140. The highest BCUT2D eigenvalue weighted by Gasteiger charge is 2.21. The van der Waals surface area contributed by atoms with Gasteiger partial charge in [0.25, 0.3) is 0 Å². The molecule has 1 heterocycles. The second-order valence-corrected chi connectivity index (χ2v) is 3.32. The Kier molecular flexibility index (Phi) is 4.39. The third-order valence-electron chi connectivity index (χ3n) is 2.17. The Morgan fingerprint density at radius 3 is 2.79 bits per heavy atom. The standard InChI is InChI=1S/C9H17N3O2/c1-2-10-8(13)6-12-9(14)7-4-3-5-11-7/h7,11H,2-6H2,1H3,(H,10,13)(H,12,14)/t7-/m1/s1. The first kappa shape index (κ1) is 11.0. The summed E-state index contributed by atoms with van der Waals surface area (Å²) in [7, 11) is 0. The van der Waals surface area contributed by atoms with Gasteiger partial charge in [0.1, 0.15) is 0 Å². The quantitative estimate of drug-likeness (QED) is 0.543. The minimum Gasteiger partial charge on any atom is -0.355 e. The molecule has 1 fully saturated rings. The van der Waals surface area contributed by atoms with E-state index in [1.54, 1.807) is 0 Å². The fourth-order valence-electron chi connectivity index (χ4n) is 1.46. The molecule has 0 aliphatic carbocycles. The van der Waals surface area contributed by atoms with Crippen molar-refractivity contribution in [2.45, 2.75) is 25.8 Å². The van der Waals surface area contributed by atoms with E-state index >= 15 is 0 Å². The molecule has 0 unspecified atom stereocenters. The maximum Gasteiger partial charge on any atom is 0.239 e. The number of hydrogen-bond acceptors (Lipinski definition) is 3. The molecule has 3 N–H and O–H groups in total. The van der Waals surface area contributed by atoms with Gasteiger partial charge in [-0.2, -0.15) is 0 Å². The molecule has 2 amide bonds. The van der Waals surface area contributed by atoms with Crippen molar-refractivity contribution < 1.29 is 9.59 Å². The minimum absolute atomic E-state index is 0.0743. The van der Waals surface area contributed by atoms with Crippen LogP contribution >= 0.6 is 0 Å². The molecule has 0 saturated carbocycles. The topological polar surface area (TPSA) is 70.2 Å². The van der Waals surface area contributed by atoms with Crippen molar-refractivity contribution in [3.05, 3.63) is 0 Å². The maximum atomic E-state index is 11.4. The van der Waals surface area contributed by atoms with Gasteiger partial charge in [0.2, 0.25) is 11.8 Å². The Morgan fingerprint density at radius 2 is 2.21 bits per heavy atom. The molecule has 1 aliphatic rings. The summed E-state index contributed by atoms with van der Waals surface area (Å²) in [5.74, 6) is -0.215. The SMILES string of the molecule is CCNC(=O)CNC(=O)[C@H]1CCCN1. The summed E-state index contributed by atoms with van der Waals surface area (Å²) >= 11 is 0. The van der Waals surface area contributed by atoms with Crippen LogP contribution in [-0.2, 0) is 9.59 Å². The van der Waals surface area contributed by atoms with Crippen LogP contribution < -0.4 is 16.0 Å². The van der Waals surface area contributed by atoms with Gasteiger partial charge in [0.05, 0.1) is 12.6 Å². The van der Waals surface area contributed by atoms with E-state index in [0.29, 0.717) is 6.54 Å². The summed E-state index contributed by atoms with van der Waals surface area (Å²) in [5, 5.41) is 8.28. The Bertz CT molecular complexity index is 212. The summed E-state index contributed by atoms with van der Waals surface area (Å²) in [5.41, 5.74) is 0. The number of carbonyl (C=O) groups excluding carboxylic acids is 2. The molecule has 5 nitrogen and oxygen atoms in total. The zero-order chi connectivity index (χ0) is 10.4. The van der Waals surface area contributed by atoms with E-state index in [4.69, 9.17) is 0 Å². The summed E-state index contributed by atoms with van der Waals surface area (Å²) < 4.78 is 0. The van der Waals surface area contributed by atoms with Gasteiger partial charge >= 0.3 is 0 Å². The predicted octanol–water partition coefficient (Wildman–Crippen LogP) is -1.01. The van der Waals surface area contributed by atoms with Gasteiger partial charge in [-0.05, 0) is 26.3 Å². The van der Waals surface area contributed by atoms with Crippen molar-refractivity contribution in [3.8, 4) is 0 Å². The molecular weight excluding hydrogens is 182 g/mol. The van der Waals surface area contributed by atoms with E-state index < -0.39 is 0 Å². The summed E-state index contributed by atoms with van der Waals surface area (Å²) in [4.78, 5) is 22.4. The highest BCUT2D eigenvalue weighted by atomic mass is 16.2. The highest BCUT2D eigenvalue weighted by molar-refractivity contribution is 5.87. The van der Waals surface area contributed by atoms with Gasteiger partial charge in [0.15, 0.2) is 0 Å². The van der Waals surface area contributed by atoms with Crippen LogP contribution in [0, 0.1) is 0 Å². The largest absolute Gasteiger partial charge is 0.355 e. The van der Waals surface area contributed by atoms with E-state index in [1.807, 2.05) is 6.92 Å². The zero-order valence-electron chi connectivity index (χ0n) is 8.43. The normalized spacial score (nSPS) is 20.5. The van der Waals surface area contributed by atoms with Crippen LogP contribution in [0.25, 0.3) is 0 Å². The number of amides is 2. The summed E-state index contributed by atoms with van der Waals surface area (Å²) in [6.45, 7) is 3.40. The van der Waals surface area contributed by atoms with E-state index in [-0.39, 0.29) is 24.4 Å². The number of nitrogens with one attached hydrogen (secondary N) is 3. The smallest absolute Gasteiger partial charge is 0.239 e. The molecule has 0 aromatic heterocycles. The number of carbonyl (C=O) groups is 2. The lowest BCUT2D eigenvalue weighted by Crippen LogP contribution is -2.44. The van der Waals surface area contributed by atoms with Crippen LogP contribution in [0.3, 0.4) is 0 Å². The van der Waals surface area contributed by atoms with Gasteiger partial charge in [0, 0.05) is 6.54 Å². The molecule has 80 valence electrons. The van der Waals surface area contributed by atoms with Crippen LogP contribution in [0.15, 0.2) is 0 Å². The third-order valence-corrected chi connectivity index (χ3v) is 2.17. The summed E-state index contributed by atoms with van der Waals surface area (Å²) in [6.07, 6.45) is 1.89. The third kappa shape index (κ3) is 3.33. The van der Waals surface area contributed by atoms with Crippen LogP contribution in [0.1, 0.15) is 19.8 Å². The molecule has 0 radical (unpaired) electrons. The lowest BCUT2D eigenvalue weighted by molar-refractivity contribution is -0.127. The van der Waals surface area contributed by atoms with Crippen molar-refractivity contribution in [1.82, 2.24) is 16.0 Å². The monoisotopic (exact) mass is 199 g/mol. The molecule has 0 spiro atoms. The second-order valence-electron chi connectivity index (χ2n) is 3.32. The lowest BCUT2D eigenvalue weighted by Gasteiger charge is -2.10. The van der Waals surface area contributed by atoms with Crippen molar-refractivity contribution in [3.63, 3.8) is 0 Å². The Balaban J connectivity index is 2.17. The van der Waals surface area contributed by atoms with Crippen LogP contribution in [0.2, 0.25) is 0 Å². The first-order chi connectivity index (χ1) is 6.74. The molecule has 1 atom stereocenters. The molecule has 14 heavy (non-hydrogen) atoms. The van der Waals surface area contributed by atoms with E-state index in [2.05, 4.69) is 16.0 Å². The highest BCUT2D eigenvalue weighted by Crippen LogP contribution is 2.03. The summed E-state index contributed by atoms with van der Waals surface area (Å²) in [6, 6.07) is -0.107. The second kappa shape index (κ2) is 5.59. The Morgan fingerprint density at radius 1 is 1.43 bits per heavy atom. The van der Waals surface area contributed by atoms with Gasteiger partial charge in [-0.1, -0.05) is 0 Å². The predicted molar refractivity (Wildman–Crippen MR) is 52.7 cm³/mol. The van der Waals surface area contributed by atoms with Crippen molar-refractivity contribution in [2.75, 3.05) is 19.6 Å². The number of rotatable bonds is 4. The fourth-order valence-corrected chi connectivity index (χ4v) is 1.46. The van der Waals surface area contributed by atoms with E-state index in [9.17, 15) is 9.59 Å². The van der Waals surface area contributed by atoms with Gasteiger partial charge in [-0.15, -0.1) is 0 Å². The van der Waals surface area contributed by atoms with Crippen molar-refractivity contribution in [1.29, 1.82) is 0 Å². The molecule has 0 aromatic carbocycles. The lowest BCUT2D eigenvalue weighted by atomic mass is 10.2. The van der Waals surface area contributed by atoms with Crippen LogP contribution in [0.4, 0.5) is 0 Å². The average molecular weight is 199 g/mol. The molecular formula is C9H17N3O2. The molecule has 0 aromatic rings. The maximum absolute atomic E-state index is 11.4. The van der Waals surface area contributed by atoms with Gasteiger partial charge < -0.3 is 16.0 Å². The molecule has 1 saturated heterocycles. The number of likely N-dealkylation sites (N-methyl/N-ethyl adjacent to an activating group) is 1. The first-order valence-electron chi connectivity index (χ1n) is 5.02. The average Bonchev–Trinajstić information content (AvgIpc) is 2.67. The Hall–Kier alpha value is -1.10. The fraction of sp³-hybridized carbons (Fsp3) is 0.778. The molecule has 5 heteroatoms.